The highest BCUT2D eigenvalue weighted by Crippen LogP contribution is 2.38. The van der Waals surface area contributed by atoms with Gasteiger partial charge in [-0.15, -0.1) is 10.2 Å². The number of para-hydroxylation sites is 1. The molecule has 0 atom stereocenters. The number of hydrogen-bond acceptors (Lipinski definition) is 5. The number of hydrogen-bond donors (Lipinski definition) is 0. The molecule has 0 aliphatic heterocycles. The van der Waals surface area contributed by atoms with E-state index in [9.17, 15) is 0 Å². The molecule has 0 N–H and O–H groups in total. The fraction of sp³-hybridized carbons (Fsp3) is 0.167. The van der Waals surface area contributed by atoms with Crippen LogP contribution in [0.15, 0.2) is 30.3 Å². The summed E-state index contributed by atoms with van der Waals surface area (Å²) < 4.78 is 15.9. The Morgan fingerprint density at radius 2 is 1.88 bits per heavy atom. The van der Waals surface area contributed by atoms with Crippen molar-refractivity contribution in [1.29, 1.82) is 0 Å². The van der Waals surface area contributed by atoms with Crippen LogP contribution in [-0.2, 0) is 0 Å². The standard InChI is InChI=1S/C12H11N2O3/c1-15-9-5-3-6-10(12(9)16-2)17-11-7-4-8-13-14-11/h3-7H,1-2H3. The molecule has 2 rings (SSSR count). The highest BCUT2D eigenvalue weighted by molar-refractivity contribution is 5.52. The molecule has 17 heavy (non-hydrogen) atoms. The van der Waals surface area contributed by atoms with Gasteiger partial charge in [0.05, 0.1) is 14.2 Å². The quantitative estimate of drug-likeness (QED) is 0.806. The molecule has 5 heteroatoms. The molecule has 87 valence electrons. The molecule has 0 fully saturated rings. The molecule has 0 aliphatic carbocycles. The van der Waals surface area contributed by atoms with E-state index in [0.29, 0.717) is 23.1 Å². The van der Waals surface area contributed by atoms with Crippen LogP contribution in [-0.4, -0.2) is 24.4 Å². The third-order valence-corrected chi connectivity index (χ3v) is 2.09. The van der Waals surface area contributed by atoms with E-state index < -0.39 is 0 Å². The van der Waals surface area contributed by atoms with Gasteiger partial charge in [-0.25, -0.2) is 0 Å². The summed E-state index contributed by atoms with van der Waals surface area (Å²) in [7, 11) is 3.12. The van der Waals surface area contributed by atoms with Crippen molar-refractivity contribution < 1.29 is 14.2 Å². The summed E-state index contributed by atoms with van der Waals surface area (Å²) in [4.78, 5) is 0. The SMILES string of the molecule is COc1cccc(Oc2cc[c]nn2)c1OC. The van der Waals surface area contributed by atoms with Crippen LogP contribution in [0, 0.1) is 6.20 Å². The van der Waals surface area contributed by atoms with E-state index in [1.807, 2.05) is 0 Å². The Labute approximate surface area is 99.0 Å². The van der Waals surface area contributed by atoms with Crippen molar-refractivity contribution in [2.24, 2.45) is 0 Å². The van der Waals surface area contributed by atoms with Crippen LogP contribution in [0.25, 0.3) is 0 Å². The number of nitrogens with zero attached hydrogens (tertiary/aromatic N) is 2. The minimum Gasteiger partial charge on any atom is -0.493 e. The maximum Gasteiger partial charge on any atom is 0.239 e. The van der Waals surface area contributed by atoms with E-state index in [1.165, 1.54) is 0 Å². The summed E-state index contributed by atoms with van der Waals surface area (Å²) in [6, 6.07) is 8.63. The van der Waals surface area contributed by atoms with Gasteiger partial charge in [-0.05, 0) is 18.2 Å². The maximum atomic E-state index is 5.54. The van der Waals surface area contributed by atoms with Gasteiger partial charge in [-0.3, -0.25) is 0 Å². The van der Waals surface area contributed by atoms with Crippen LogP contribution in [0.2, 0.25) is 0 Å². The predicted octanol–water partition coefficient (Wildman–Crippen LogP) is 2.09. The molecular formula is C12H11N2O3. The summed E-state index contributed by atoms with van der Waals surface area (Å²) in [5.74, 6) is 2.01. The van der Waals surface area contributed by atoms with Crippen LogP contribution in [0.5, 0.6) is 23.1 Å². The van der Waals surface area contributed by atoms with E-state index in [0.717, 1.165) is 0 Å². The third kappa shape index (κ3) is 2.44. The lowest BCUT2D eigenvalue weighted by atomic mass is 10.3. The fourth-order valence-corrected chi connectivity index (χ4v) is 1.36. The molecule has 0 bridgehead atoms. The van der Waals surface area contributed by atoms with E-state index in [-0.39, 0.29) is 0 Å². The Kier molecular flexibility index (Phi) is 3.40. The molecule has 2 aromatic rings. The van der Waals surface area contributed by atoms with Gasteiger partial charge in [0.2, 0.25) is 11.6 Å². The van der Waals surface area contributed by atoms with Crippen LogP contribution in [0.4, 0.5) is 0 Å². The van der Waals surface area contributed by atoms with Gasteiger partial charge in [-0.1, -0.05) is 6.07 Å². The van der Waals surface area contributed by atoms with Gasteiger partial charge >= 0.3 is 0 Å². The molecule has 1 heterocycles. The largest absolute Gasteiger partial charge is 0.493 e. The molecular weight excluding hydrogens is 220 g/mol. The van der Waals surface area contributed by atoms with Crippen molar-refractivity contribution in [2.45, 2.75) is 0 Å². The van der Waals surface area contributed by atoms with Crippen molar-refractivity contribution in [3.8, 4) is 23.1 Å². The van der Waals surface area contributed by atoms with Crippen molar-refractivity contribution in [2.75, 3.05) is 14.2 Å². The predicted molar refractivity (Wildman–Crippen MR) is 60.5 cm³/mol. The van der Waals surface area contributed by atoms with Gasteiger partial charge < -0.3 is 14.2 Å². The minimum atomic E-state index is 0.371. The van der Waals surface area contributed by atoms with E-state index in [2.05, 4.69) is 16.4 Å². The Hall–Kier alpha value is -2.30. The number of methoxy groups -OCH3 is 2. The zero-order chi connectivity index (χ0) is 12.1. The molecule has 5 nitrogen and oxygen atoms in total. The number of ether oxygens (including phenoxy) is 3. The minimum absolute atomic E-state index is 0.371. The molecule has 0 amide bonds. The average molecular weight is 231 g/mol. The molecule has 0 unspecified atom stereocenters. The second-order valence-electron chi connectivity index (χ2n) is 3.09. The van der Waals surface area contributed by atoms with Crippen LogP contribution in [0.1, 0.15) is 0 Å². The number of aromatic nitrogens is 2. The highest BCUT2D eigenvalue weighted by atomic mass is 16.5. The first kappa shape index (κ1) is 11.2. The van der Waals surface area contributed by atoms with Crippen LogP contribution in [0.3, 0.4) is 0 Å². The molecule has 1 radical (unpaired) electrons. The van der Waals surface area contributed by atoms with E-state index in [1.54, 1.807) is 44.6 Å². The van der Waals surface area contributed by atoms with Gasteiger partial charge in [0.25, 0.3) is 0 Å². The average Bonchev–Trinajstić information content (AvgIpc) is 2.39. The van der Waals surface area contributed by atoms with Gasteiger partial charge in [-0.2, -0.15) is 0 Å². The molecule has 0 spiro atoms. The monoisotopic (exact) mass is 231 g/mol. The highest BCUT2D eigenvalue weighted by Gasteiger charge is 2.11. The summed E-state index contributed by atoms with van der Waals surface area (Å²) in [5, 5.41) is 7.39. The van der Waals surface area contributed by atoms with E-state index in [4.69, 9.17) is 14.2 Å². The van der Waals surface area contributed by atoms with E-state index >= 15 is 0 Å². The topological polar surface area (TPSA) is 53.5 Å². The van der Waals surface area contributed by atoms with Crippen LogP contribution < -0.4 is 14.2 Å². The lowest BCUT2D eigenvalue weighted by Crippen LogP contribution is -1.95. The van der Waals surface area contributed by atoms with Crippen LogP contribution >= 0.6 is 0 Å². The number of rotatable bonds is 4. The first-order valence-electron chi connectivity index (χ1n) is 4.93. The summed E-state index contributed by atoms with van der Waals surface area (Å²) >= 11 is 0. The Morgan fingerprint density at radius 3 is 2.53 bits per heavy atom. The second-order valence-corrected chi connectivity index (χ2v) is 3.09. The van der Waals surface area contributed by atoms with Gasteiger partial charge in [0, 0.05) is 6.07 Å². The molecule has 0 saturated carbocycles. The molecule has 1 aromatic carbocycles. The Morgan fingerprint density at radius 1 is 1.06 bits per heavy atom. The fourth-order valence-electron chi connectivity index (χ4n) is 1.36. The second kappa shape index (κ2) is 5.16. The molecule has 0 aliphatic rings. The Bertz CT molecular complexity index is 488. The van der Waals surface area contributed by atoms with Gasteiger partial charge in [0.15, 0.2) is 11.5 Å². The normalized spacial score (nSPS) is 9.76. The summed E-state index contributed by atoms with van der Waals surface area (Å²) in [5.41, 5.74) is 0. The zero-order valence-electron chi connectivity index (χ0n) is 9.51. The smallest absolute Gasteiger partial charge is 0.239 e. The summed E-state index contributed by atoms with van der Waals surface area (Å²) in [6.07, 6.45) is 2.57. The molecule has 1 aromatic heterocycles. The van der Waals surface area contributed by atoms with Crippen molar-refractivity contribution >= 4 is 0 Å². The first-order chi connectivity index (χ1) is 8.35. The Balaban J connectivity index is 2.33. The lowest BCUT2D eigenvalue weighted by Gasteiger charge is -2.12. The van der Waals surface area contributed by atoms with Crippen molar-refractivity contribution in [3.63, 3.8) is 0 Å². The number of benzene rings is 1. The summed E-state index contributed by atoms with van der Waals surface area (Å²) in [6.45, 7) is 0. The molecule has 0 saturated heterocycles. The lowest BCUT2D eigenvalue weighted by molar-refractivity contribution is 0.333. The third-order valence-electron chi connectivity index (χ3n) is 2.09. The zero-order valence-corrected chi connectivity index (χ0v) is 9.51. The van der Waals surface area contributed by atoms with Crippen molar-refractivity contribution in [1.82, 2.24) is 10.2 Å². The van der Waals surface area contributed by atoms with Crippen molar-refractivity contribution in [3.05, 3.63) is 36.5 Å². The first-order valence-corrected chi connectivity index (χ1v) is 4.93. The maximum absolute atomic E-state index is 5.54. The van der Waals surface area contributed by atoms with Gasteiger partial charge in [0.1, 0.15) is 6.20 Å².